The van der Waals surface area contributed by atoms with Crippen LogP contribution in [0.2, 0.25) is 0 Å². The van der Waals surface area contributed by atoms with Crippen molar-refractivity contribution in [3.8, 4) is 0 Å². The van der Waals surface area contributed by atoms with Gasteiger partial charge in [-0.2, -0.15) is 0 Å². The molecule has 0 aliphatic carbocycles. The van der Waals surface area contributed by atoms with Crippen molar-refractivity contribution in [2.45, 2.75) is 39.2 Å². The summed E-state index contributed by atoms with van der Waals surface area (Å²) in [6, 6.07) is 0. The molecular formula is C8H17FO. The minimum atomic E-state index is -0.744. The number of halogens is 1. The van der Waals surface area contributed by atoms with E-state index < -0.39 is 12.8 Å². The topological polar surface area (TPSA) is 20.2 Å². The number of aliphatic hydroxyl groups is 1. The van der Waals surface area contributed by atoms with Gasteiger partial charge >= 0.3 is 0 Å². The smallest absolute Gasteiger partial charge is 0.116 e. The highest BCUT2D eigenvalue weighted by Crippen LogP contribution is 2.12. The Labute approximate surface area is 62.3 Å². The van der Waals surface area contributed by atoms with Crippen molar-refractivity contribution in [2.75, 3.05) is 6.67 Å². The van der Waals surface area contributed by atoms with Gasteiger partial charge < -0.3 is 5.11 Å². The van der Waals surface area contributed by atoms with E-state index in [0.717, 1.165) is 19.3 Å². The van der Waals surface area contributed by atoms with Crippen LogP contribution in [0.3, 0.4) is 0 Å². The molecular weight excluding hydrogens is 131 g/mol. The van der Waals surface area contributed by atoms with E-state index in [-0.39, 0.29) is 5.92 Å². The predicted octanol–water partition coefficient (Wildman–Crippen LogP) is 2.14. The lowest BCUT2D eigenvalue weighted by atomic mass is 9.99. The molecule has 0 bridgehead atoms. The molecule has 10 heavy (non-hydrogen) atoms. The Bertz CT molecular complexity index is 75.7. The number of unbranched alkanes of at least 4 members (excludes halogenated alkanes) is 1. The lowest BCUT2D eigenvalue weighted by molar-refractivity contribution is 0.0835. The highest BCUT2D eigenvalue weighted by atomic mass is 19.1. The first-order chi connectivity index (χ1) is 4.72. The maximum atomic E-state index is 11.8. The summed E-state index contributed by atoms with van der Waals surface area (Å²) in [5, 5.41) is 8.98. The summed E-state index contributed by atoms with van der Waals surface area (Å²) in [4.78, 5) is 0. The number of hydrogen-bond donors (Lipinski definition) is 1. The minimum Gasteiger partial charge on any atom is -0.390 e. The van der Waals surface area contributed by atoms with Crippen molar-refractivity contribution < 1.29 is 9.50 Å². The van der Waals surface area contributed by atoms with Gasteiger partial charge in [-0.3, -0.25) is 0 Å². The summed E-state index contributed by atoms with van der Waals surface area (Å²) in [5.41, 5.74) is 0. The molecule has 0 aromatic carbocycles. The molecule has 0 heterocycles. The Morgan fingerprint density at radius 1 is 1.50 bits per heavy atom. The molecule has 0 saturated carbocycles. The fourth-order valence-electron chi connectivity index (χ4n) is 0.871. The van der Waals surface area contributed by atoms with Crippen molar-refractivity contribution in [3.63, 3.8) is 0 Å². The van der Waals surface area contributed by atoms with Crippen LogP contribution in [0.1, 0.15) is 33.1 Å². The summed E-state index contributed by atoms with van der Waals surface area (Å²) in [6.45, 7) is 3.37. The Morgan fingerprint density at radius 3 is 2.50 bits per heavy atom. The Kier molecular flexibility index (Phi) is 5.60. The summed E-state index contributed by atoms with van der Waals surface area (Å²) >= 11 is 0. The fraction of sp³-hybridized carbons (Fsp3) is 1.00. The first-order valence-electron chi connectivity index (χ1n) is 3.96. The van der Waals surface area contributed by atoms with Crippen LogP contribution in [0.5, 0.6) is 0 Å². The Morgan fingerprint density at radius 2 is 2.10 bits per heavy atom. The van der Waals surface area contributed by atoms with Gasteiger partial charge in [0.05, 0.1) is 6.10 Å². The van der Waals surface area contributed by atoms with E-state index in [1.165, 1.54) is 0 Å². The third kappa shape index (κ3) is 3.83. The largest absolute Gasteiger partial charge is 0.390 e. The van der Waals surface area contributed by atoms with Crippen molar-refractivity contribution in [3.05, 3.63) is 0 Å². The average Bonchev–Trinajstić information content (AvgIpc) is 1.98. The molecule has 0 aliphatic rings. The number of rotatable bonds is 5. The van der Waals surface area contributed by atoms with Gasteiger partial charge in [0, 0.05) is 0 Å². The molecule has 0 rings (SSSR count). The first kappa shape index (κ1) is 9.89. The van der Waals surface area contributed by atoms with Crippen molar-refractivity contribution in [1.82, 2.24) is 0 Å². The molecule has 0 spiro atoms. The molecule has 0 unspecified atom stereocenters. The van der Waals surface area contributed by atoms with Gasteiger partial charge in [-0.25, -0.2) is 4.39 Å². The van der Waals surface area contributed by atoms with Crippen LogP contribution in [-0.4, -0.2) is 17.9 Å². The molecule has 0 radical (unpaired) electrons. The standard InChI is InChI=1S/C8H17FO/c1-3-4-5-7(2)8(10)6-9/h7-8,10H,3-6H2,1-2H3/t7-,8+/m1/s1. The molecule has 2 atom stereocenters. The van der Waals surface area contributed by atoms with E-state index in [0.29, 0.717) is 0 Å². The monoisotopic (exact) mass is 148 g/mol. The van der Waals surface area contributed by atoms with Gasteiger partial charge in [-0.1, -0.05) is 26.7 Å². The maximum absolute atomic E-state index is 11.8. The van der Waals surface area contributed by atoms with Crippen LogP contribution >= 0.6 is 0 Å². The SMILES string of the molecule is CCCC[C@@H](C)[C@@H](O)CF. The Hall–Kier alpha value is -0.110. The normalized spacial score (nSPS) is 16.8. The second-order valence-corrected chi connectivity index (χ2v) is 2.84. The van der Waals surface area contributed by atoms with Crippen LogP contribution in [-0.2, 0) is 0 Å². The van der Waals surface area contributed by atoms with E-state index in [4.69, 9.17) is 5.11 Å². The van der Waals surface area contributed by atoms with E-state index >= 15 is 0 Å². The molecule has 0 aromatic heterocycles. The lowest BCUT2D eigenvalue weighted by Gasteiger charge is -2.14. The molecule has 1 nitrogen and oxygen atoms in total. The highest BCUT2D eigenvalue weighted by molar-refractivity contribution is 4.62. The zero-order valence-corrected chi connectivity index (χ0v) is 6.81. The molecule has 2 heteroatoms. The zero-order valence-electron chi connectivity index (χ0n) is 6.81. The molecule has 0 aliphatic heterocycles. The quantitative estimate of drug-likeness (QED) is 0.633. The molecule has 62 valence electrons. The van der Waals surface area contributed by atoms with Crippen LogP contribution in [0.4, 0.5) is 4.39 Å². The van der Waals surface area contributed by atoms with Gasteiger partial charge in [0.15, 0.2) is 0 Å². The van der Waals surface area contributed by atoms with E-state index in [1.54, 1.807) is 0 Å². The van der Waals surface area contributed by atoms with E-state index in [9.17, 15) is 4.39 Å². The minimum absolute atomic E-state index is 0.116. The van der Waals surface area contributed by atoms with Crippen LogP contribution < -0.4 is 0 Å². The summed E-state index contributed by atoms with van der Waals surface area (Å²) in [5.74, 6) is 0.116. The predicted molar refractivity (Wildman–Crippen MR) is 40.7 cm³/mol. The maximum Gasteiger partial charge on any atom is 0.116 e. The third-order valence-electron chi connectivity index (χ3n) is 1.83. The van der Waals surface area contributed by atoms with Crippen molar-refractivity contribution in [1.29, 1.82) is 0 Å². The lowest BCUT2D eigenvalue weighted by Crippen LogP contribution is -2.19. The average molecular weight is 148 g/mol. The van der Waals surface area contributed by atoms with Crippen LogP contribution in [0.25, 0.3) is 0 Å². The van der Waals surface area contributed by atoms with Crippen LogP contribution in [0, 0.1) is 5.92 Å². The second kappa shape index (κ2) is 5.66. The number of hydrogen-bond acceptors (Lipinski definition) is 1. The van der Waals surface area contributed by atoms with Gasteiger partial charge in [0.1, 0.15) is 6.67 Å². The second-order valence-electron chi connectivity index (χ2n) is 2.84. The van der Waals surface area contributed by atoms with Gasteiger partial charge in [0.2, 0.25) is 0 Å². The molecule has 0 amide bonds. The van der Waals surface area contributed by atoms with Crippen molar-refractivity contribution in [2.24, 2.45) is 5.92 Å². The van der Waals surface area contributed by atoms with Crippen LogP contribution in [0.15, 0.2) is 0 Å². The highest BCUT2D eigenvalue weighted by Gasteiger charge is 2.12. The zero-order chi connectivity index (χ0) is 7.98. The summed E-state index contributed by atoms with van der Waals surface area (Å²) in [6.07, 6.45) is 2.38. The van der Waals surface area contributed by atoms with Gasteiger partial charge in [-0.05, 0) is 12.3 Å². The molecule has 0 saturated heterocycles. The molecule has 0 fully saturated rings. The van der Waals surface area contributed by atoms with Crippen molar-refractivity contribution >= 4 is 0 Å². The van der Waals surface area contributed by atoms with Gasteiger partial charge in [0.25, 0.3) is 0 Å². The van der Waals surface area contributed by atoms with E-state index in [2.05, 4.69) is 6.92 Å². The van der Waals surface area contributed by atoms with E-state index in [1.807, 2.05) is 6.92 Å². The molecule has 1 N–H and O–H groups in total. The summed E-state index contributed by atoms with van der Waals surface area (Å²) in [7, 11) is 0. The van der Waals surface area contributed by atoms with Gasteiger partial charge in [-0.15, -0.1) is 0 Å². The fourth-order valence-corrected chi connectivity index (χ4v) is 0.871. The number of alkyl halides is 1. The Balaban J connectivity index is 3.31. The third-order valence-corrected chi connectivity index (χ3v) is 1.83. The number of aliphatic hydroxyl groups excluding tert-OH is 1. The summed E-state index contributed by atoms with van der Waals surface area (Å²) < 4.78 is 11.8. The first-order valence-corrected chi connectivity index (χ1v) is 3.96. The molecule has 0 aromatic rings.